The zero-order valence-electron chi connectivity index (χ0n) is 23.7. The summed E-state index contributed by atoms with van der Waals surface area (Å²) in [5.41, 5.74) is 2.75. The van der Waals surface area contributed by atoms with Crippen molar-refractivity contribution < 1.29 is 24.2 Å². The summed E-state index contributed by atoms with van der Waals surface area (Å²) >= 11 is 0. The molecule has 0 saturated carbocycles. The highest BCUT2D eigenvalue weighted by Crippen LogP contribution is 2.43. The second kappa shape index (κ2) is 13.2. The topological polar surface area (TPSA) is 79.3 Å². The molecule has 1 saturated heterocycles. The molecule has 7 nitrogen and oxygen atoms in total. The fourth-order valence-corrected chi connectivity index (χ4v) is 5.04. The number of carbonyl (C=O) groups is 2. The summed E-state index contributed by atoms with van der Waals surface area (Å²) in [5, 5.41) is 11.5. The summed E-state index contributed by atoms with van der Waals surface area (Å²) in [5.74, 6) is -0.418. The van der Waals surface area contributed by atoms with Gasteiger partial charge in [-0.3, -0.25) is 14.5 Å². The summed E-state index contributed by atoms with van der Waals surface area (Å²) in [6.45, 7) is 8.66. The van der Waals surface area contributed by atoms with E-state index >= 15 is 0 Å². The van der Waals surface area contributed by atoms with Gasteiger partial charge in [0.05, 0.1) is 25.3 Å². The second-order valence-corrected chi connectivity index (χ2v) is 9.71. The predicted molar refractivity (Wildman–Crippen MR) is 159 cm³/mol. The first-order valence-corrected chi connectivity index (χ1v) is 14.0. The molecular weight excluding hydrogens is 504 g/mol. The number of anilines is 2. The van der Waals surface area contributed by atoms with Crippen LogP contribution in [0.5, 0.6) is 11.5 Å². The highest BCUT2D eigenvalue weighted by atomic mass is 16.5. The van der Waals surface area contributed by atoms with Crippen LogP contribution in [0.15, 0.2) is 78.4 Å². The third-order valence-electron chi connectivity index (χ3n) is 7.26. The van der Waals surface area contributed by atoms with Gasteiger partial charge >= 0.3 is 0 Å². The van der Waals surface area contributed by atoms with Crippen LogP contribution in [-0.2, 0) is 9.59 Å². The first-order valence-electron chi connectivity index (χ1n) is 14.0. The van der Waals surface area contributed by atoms with Gasteiger partial charge in [-0.15, -0.1) is 0 Å². The lowest BCUT2D eigenvalue weighted by Gasteiger charge is -2.27. The number of aliphatic hydroxyl groups is 1. The van der Waals surface area contributed by atoms with Crippen molar-refractivity contribution >= 4 is 28.8 Å². The van der Waals surface area contributed by atoms with Crippen molar-refractivity contribution in [1.82, 2.24) is 0 Å². The Bertz CT molecular complexity index is 1340. The third kappa shape index (κ3) is 5.98. The summed E-state index contributed by atoms with van der Waals surface area (Å²) in [6.07, 6.45) is 3.18. The Balaban J connectivity index is 1.77. The molecule has 1 aliphatic heterocycles. The average molecular weight is 543 g/mol. The number of hydrogen-bond acceptors (Lipinski definition) is 6. The fraction of sp³-hybridized carbons (Fsp3) is 0.333. The quantitative estimate of drug-likeness (QED) is 0.118. The molecule has 0 aromatic heterocycles. The molecule has 0 aliphatic carbocycles. The highest BCUT2D eigenvalue weighted by Gasteiger charge is 2.47. The van der Waals surface area contributed by atoms with Crippen molar-refractivity contribution in [3.05, 3.63) is 89.5 Å². The van der Waals surface area contributed by atoms with Gasteiger partial charge in [-0.1, -0.05) is 38.0 Å². The third-order valence-corrected chi connectivity index (χ3v) is 7.26. The number of ether oxygens (including phenoxy) is 2. The maximum Gasteiger partial charge on any atom is 0.300 e. The van der Waals surface area contributed by atoms with E-state index in [2.05, 4.69) is 25.7 Å². The molecule has 0 bridgehead atoms. The SMILES string of the molecule is CCCCCOc1ccc(/C(O)=C2\C(=O)C(=O)N(c3cccc(OC)c3)C2c2ccc(N(CC)CC)cc2)cc1. The normalized spacial score (nSPS) is 16.3. The Hall–Kier alpha value is -4.26. The first kappa shape index (κ1) is 28.7. The molecule has 210 valence electrons. The van der Waals surface area contributed by atoms with Crippen LogP contribution in [-0.4, -0.2) is 43.6 Å². The monoisotopic (exact) mass is 542 g/mol. The van der Waals surface area contributed by atoms with E-state index in [4.69, 9.17) is 9.47 Å². The maximum atomic E-state index is 13.5. The molecule has 1 fully saturated rings. The number of rotatable bonds is 12. The van der Waals surface area contributed by atoms with E-state index in [1.807, 2.05) is 24.3 Å². The number of methoxy groups -OCH3 is 1. The molecular formula is C33H38N2O5. The molecule has 3 aromatic carbocycles. The Morgan fingerprint density at radius 3 is 2.23 bits per heavy atom. The Morgan fingerprint density at radius 2 is 1.60 bits per heavy atom. The number of aliphatic hydroxyl groups excluding tert-OH is 1. The molecule has 4 rings (SSSR count). The van der Waals surface area contributed by atoms with Crippen LogP contribution in [0.25, 0.3) is 5.76 Å². The molecule has 1 atom stereocenters. The van der Waals surface area contributed by atoms with Crippen LogP contribution in [0, 0.1) is 0 Å². The Labute approximate surface area is 236 Å². The van der Waals surface area contributed by atoms with Gasteiger partial charge in [0, 0.05) is 36.1 Å². The number of benzene rings is 3. The zero-order valence-corrected chi connectivity index (χ0v) is 23.7. The minimum absolute atomic E-state index is 0.0417. The Kier molecular flexibility index (Phi) is 9.48. The zero-order chi connectivity index (χ0) is 28.6. The summed E-state index contributed by atoms with van der Waals surface area (Å²) in [7, 11) is 1.55. The fourth-order valence-electron chi connectivity index (χ4n) is 5.04. The van der Waals surface area contributed by atoms with Crippen molar-refractivity contribution in [3.8, 4) is 11.5 Å². The van der Waals surface area contributed by atoms with Crippen molar-refractivity contribution in [2.24, 2.45) is 0 Å². The number of unbranched alkanes of at least 4 members (excludes halogenated alkanes) is 2. The predicted octanol–water partition coefficient (Wildman–Crippen LogP) is 6.74. The molecule has 0 radical (unpaired) electrons. The van der Waals surface area contributed by atoms with E-state index in [0.29, 0.717) is 29.4 Å². The van der Waals surface area contributed by atoms with Crippen molar-refractivity contribution in [3.63, 3.8) is 0 Å². The van der Waals surface area contributed by atoms with Crippen LogP contribution >= 0.6 is 0 Å². The van der Waals surface area contributed by atoms with Crippen LogP contribution in [0.3, 0.4) is 0 Å². The molecule has 1 heterocycles. The number of nitrogens with zero attached hydrogens (tertiary/aromatic N) is 2. The molecule has 3 aromatic rings. The van der Waals surface area contributed by atoms with E-state index in [1.54, 1.807) is 55.6 Å². The van der Waals surface area contributed by atoms with E-state index in [-0.39, 0.29) is 11.3 Å². The lowest BCUT2D eigenvalue weighted by Crippen LogP contribution is -2.29. The number of carbonyl (C=O) groups excluding carboxylic acids is 2. The van der Waals surface area contributed by atoms with Gasteiger partial charge in [0.15, 0.2) is 0 Å². The van der Waals surface area contributed by atoms with Gasteiger partial charge in [-0.05, 0) is 74.4 Å². The minimum atomic E-state index is -0.817. The maximum absolute atomic E-state index is 13.5. The van der Waals surface area contributed by atoms with Crippen LogP contribution in [0.4, 0.5) is 11.4 Å². The van der Waals surface area contributed by atoms with Gasteiger partial charge in [-0.25, -0.2) is 0 Å². The van der Waals surface area contributed by atoms with Crippen molar-refractivity contribution in [2.45, 2.75) is 46.1 Å². The van der Waals surface area contributed by atoms with Crippen LogP contribution < -0.4 is 19.3 Å². The lowest BCUT2D eigenvalue weighted by atomic mass is 9.94. The number of ketones is 1. The highest BCUT2D eigenvalue weighted by molar-refractivity contribution is 6.51. The van der Waals surface area contributed by atoms with Gasteiger partial charge in [0.25, 0.3) is 11.7 Å². The van der Waals surface area contributed by atoms with E-state index in [0.717, 1.165) is 43.6 Å². The first-order chi connectivity index (χ1) is 19.4. The number of amides is 1. The molecule has 1 N–H and O–H groups in total. The average Bonchev–Trinajstić information content (AvgIpc) is 3.26. The summed E-state index contributed by atoms with van der Waals surface area (Å²) in [6, 6.07) is 21.0. The van der Waals surface area contributed by atoms with E-state index < -0.39 is 17.7 Å². The lowest BCUT2D eigenvalue weighted by molar-refractivity contribution is -0.132. The van der Waals surface area contributed by atoms with E-state index in [9.17, 15) is 14.7 Å². The van der Waals surface area contributed by atoms with Gasteiger partial charge in [0.2, 0.25) is 0 Å². The van der Waals surface area contributed by atoms with Gasteiger partial charge < -0.3 is 19.5 Å². The summed E-state index contributed by atoms with van der Waals surface area (Å²) < 4.78 is 11.2. The summed E-state index contributed by atoms with van der Waals surface area (Å²) in [4.78, 5) is 30.7. The Morgan fingerprint density at radius 1 is 0.900 bits per heavy atom. The van der Waals surface area contributed by atoms with Gasteiger partial charge in [-0.2, -0.15) is 0 Å². The minimum Gasteiger partial charge on any atom is -0.507 e. The number of hydrogen-bond donors (Lipinski definition) is 1. The standard InChI is InChI=1S/C33H38N2O5/c1-5-8-9-21-40-27-19-15-24(16-20-27)31(36)29-30(23-13-17-25(18-14-23)34(6-2)7-3)35(33(38)32(29)37)26-11-10-12-28(22-26)39-4/h10-20,22,30,36H,5-9,21H2,1-4H3/b31-29+. The molecule has 0 spiro atoms. The van der Waals surface area contributed by atoms with Crippen LogP contribution in [0.1, 0.15) is 57.2 Å². The van der Waals surface area contributed by atoms with Gasteiger partial charge in [0.1, 0.15) is 17.3 Å². The number of Topliss-reactive ketones (excluding diaryl/α,β-unsaturated/α-hetero) is 1. The van der Waals surface area contributed by atoms with Crippen LogP contribution in [0.2, 0.25) is 0 Å². The van der Waals surface area contributed by atoms with E-state index in [1.165, 1.54) is 4.90 Å². The molecule has 7 heteroatoms. The smallest absolute Gasteiger partial charge is 0.300 e. The molecule has 1 unspecified atom stereocenters. The largest absolute Gasteiger partial charge is 0.507 e. The van der Waals surface area contributed by atoms with Crippen molar-refractivity contribution in [2.75, 3.05) is 36.6 Å². The second-order valence-electron chi connectivity index (χ2n) is 9.71. The molecule has 40 heavy (non-hydrogen) atoms. The molecule has 1 amide bonds. The molecule has 1 aliphatic rings. The van der Waals surface area contributed by atoms with Crippen molar-refractivity contribution in [1.29, 1.82) is 0 Å².